The quantitative estimate of drug-likeness (QED) is 0.466. The fourth-order valence-electron chi connectivity index (χ4n) is 4.66. The molecule has 2 aliphatic rings. The first-order valence-electron chi connectivity index (χ1n) is 9.98. The van der Waals surface area contributed by atoms with E-state index in [0.29, 0.717) is 5.92 Å². The summed E-state index contributed by atoms with van der Waals surface area (Å²) in [6, 6.07) is 1.60. The van der Waals surface area contributed by atoms with Gasteiger partial charge in [0.15, 0.2) is 5.83 Å². The third kappa shape index (κ3) is 6.66. The number of nitriles is 1. The second kappa shape index (κ2) is 10.1. The normalized spacial score (nSPS) is 32.5. The van der Waals surface area contributed by atoms with E-state index in [9.17, 15) is 4.39 Å². The molecule has 0 aliphatic heterocycles. The van der Waals surface area contributed by atoms with Crippen molar-refractivity contribution in [2.75, 3.05) is 0 Å². The summed E-state index contributed by atoms with van der Waals surface area (Å²) in [7, 11) is 0. The molecule has 0 spiro atoms. The van der Waals surface area contributed by atoms with Crippen LogP contribution in [0, 0.1) is 35.0 Å². The van der Waals surface area contributed by atoms with E-state index in [1.807, 2.05) is 0 Å². The SMILES string of the molecule is CCCCC1CCC(CCC2CCC(/C=C(/F)C#N)CC2)CC1. The van der Waals surface area contributed by atoms with Crippen LogP contribution >= 0.6 is 0 Å². The van der Waals surface area contributed by atoms with Crippen LogP contribution in [0.4, 0.5) is 4.39 Å². The zero-order valence-corrected chi connectivity index (χ0v) is 14.9. The van der Waals surface area contributed by atoms with Crippen LogP contribution in [0.25, 0.3) is 0 Å². The molecule has 0 N–H and O–H groups in total. The summed E-state index contributed by atoms with van der Waals surface area (Å²) in [6.07, 6.45) is 19.0. The minimum absolute atomic E-state index is 0.305. The van der Waals surface area contributed by atoms with Crippen molar-refractivity contribution in [1.82, 2.24) is 0 Å². The molecule has 2 rings (SSSR count). The first kappa shape index (κ1) is 18.5. The monoisotopic (exact) mass is 319 g/mol. The Bertz CT molecular complexity index is 393. The second-order valence-electron chi connectivity index (χ2n) is 8.01. The number of rotatable bonds is 7. The molecule has 23 heavy (non-hydrogen) atoms. The highest BCUT2D eigenvalue weighted by Gasteiger charge is 2.24. The Morgan fingerprint density at radius 1 is 0.913 bits per heavy atom. The molecule has 0 atom stereocenters. The summed E-state index contributed by atoms with van der Waals surface area (Å²) in [4.78, 5) is 0. The second-order valence-corrected chi connectivity index (χ2v) is 8.01. The summed E-state index contributed by atoms with van der Waals surface area (Å²) in [6.45, 7) is 2.30. The van der Waals surface area contributed by atoms with Crippen molar-refractivity contribution < 1.29 is 4.39 Å². The van der Waals surface area contributed by atoms with Crippen molar-refractivity contribution in [2.45, 2.75) is 90.4 Å². The fraction of sp³-hybridized carbons (Fsp3) is 0.857. The molecule has 0 aromatic heterocycles. The van der Waals surface area contributed by atoms with Gasteiger partial charge in [0.1, 0.15) is 6.07 Å². The van der Waals surface area contributed by atoms with Crippen molar-refractivity contribution >= 4 is 0 Å². The minimum atomic E-state index is -0.590. The van der Waals surface area contributed by atoms with E-state index in [1.54, 1.807) is 12.1 Å². The number of allylic oxidation sites excluding steroid dienone is 2. The van der Waals surface area contributed by atoms with Crippen LogP contribution < -0.4 is 0 Å². The predicted octanol–water partition coefficient (Wildman–Crippen LogP) is 6.95. The van der Waals surface area contributed by atoms with E-state index in [4.69, 9.17) is 5.26 Å². The molecule has 130 valence electrons. The Labute approximate surface area is 142 Å². The molecule has 0 amide bonds. The predicted molar refractivity (Wildman–Crippen MR) is 94.5 cm³/mol. The maximum Gasteiger partial charge on any atom is 0.196 e. The van der Waals surface area contributed by atoms with Gasteiger partial charge in [-0.25, -0.2) is 0 Å². The van der Waals surface area contributed by atoms with Gasteiger partial charge in [-0.3, -0.25) is 0 Å². The van der Waals surface area contributed by atoms with Crippen molar-refractivity contribution in [3.8, 4) is 6.07 Å². The first-order valence-corrected chi connectivity index (χ1v) is 9.98. The number of hydrogen-bond acceptors (Lipinski definition) is 1. The van der Waals surface area contributed by atoms with E-state index >= 15 is 0 Å². The standard InChI is InChI=1S/C21H34FN/c1-2-3-4-17-5-7-18(8-6-17)9-10-19-11-13-20(14-12-19)15-21(22)16-23/h15,17-20H,2-14H2,1H3/b21-15+. The number of unbranched alkanes of at least 4 members (excludes halogenated alkanes) is 1. The molecule has 2 aliphatic carbocycles. The van der Waals surface area contributed by atoms with Crippen LogP contribution in [-0.4, -0.2) is 0 Å². The van der Waals surface area contributed by atoms with Gasteiger partial charge < -0.3 is 0 Å². The number of halogens is 1. The van der Waals surface area contributed by atoms with Gasteiger partial charge in [0, 0.05) is 0 Å². The van der Waals surface area contributed by atoms with E-state index in [0.717, 1.165) is 30.6 Å². The topological polar surface area (TPSA) is 23.8 Å². The lowest BCUT2D eigenvalue weighted by Crippen LogP contribution is -2.17. The average molecular weight is 320 g/mol. The van der Waals surface area contributed by atoms with Gasteiger partial charge >= 0.3 is 0 Å². The lowest BCUT2D eigenvalue weighted by Gasteiger charge is -2.31. The van der Waals surface area contributed by atoms with Crippen LogP contribution in [0.2, 0.25) is 0 Å². The maximum absolute atomic E-state index is 13.0. The Morgan fingerprint density at radius 3 is 1.87 bits per heavy atom. The number of nitrogens with zero attached hydrogens (tertiary/aromatic N) is 1. The summed E-state index contributed by atoms with van der Waals surface area (Å²) >= 11 is 0. The molecule has 0 saturated heterocycles. The molecule has 2 heteroatoms. The lowest BCUT2D eigenvalue weighted by molar-refractivity contribution is 0.219. The summed E-state index contributed by atoms with van der Waals surface area (Å²) in [5.74, 6) is 2.56. The molecule has 0 aromatic rings. The molecule has 2 fully saturated rings. The third-order valence-corrected chi connectivity index (χ3v) is 6.30. The molecule has 0 radical (unpaired) electrons. The summed E-state index contributed by atoms with van der Waals surface area (Å²) < 4.78 is 13.0. The smallest absolute Gasteiger partial charge is 0.195 e. The van der Waals surface area contributed by atoms with Gasteiger partial charge in [0.25, 0.3) is 0 Å². The highest BCUT2D eigenvalue weighted by Crippen LogP contribution is 2.38. The zero-order valence-electron chi connectivity index (χ0n) is 14.9. The van der Waals surface area contributed by atoms with E-state index in [1.165, 1.54) is 70.6 Å². The van der Waals surface area contributed by atoms with Crippen LogP contribution in [0.1, 0.15) is 90.4 Å². The molecule has 0 unspecified atom stereocenters. The van der Waals surface area contributed by atoms with Crippen LogP contribution in [0.15, 0.2) is 11.9 Å². The fourth-order valence-corrected chi connectivity index (χ4v) is 4.66. The molecule has 2 saturated carbocycles. The maximum atomic E-state index is 13.0. The van der Waals surface area contributed by atoms with Gasteiger partial charge in [0.2, 0.25) is 0 Å². The van der Waals surface area contributed by atoms with Gasteiger partial charge in [0.05, 0.1) is 0 Å². The molecular formula is C21H34FN. The zero-order chi connectivity index (χ0) is 16.5. The van der Waals surface area contributed by atoms with Gasteiger partial charge in [-0.15, -0.1) is 0 Å². The Balaban J connectivity index is 1.59. The van der Waals surface area contributed by atoms with E-state index in [2.05, 4.69) is 6.92 Å². The molecular weight excluding hydrogens is 285 g/mol. The molecule has 0 bridgehead atoms. The summed E-state index contributed by atoms with van der Waals surface area (Å²) in [5.41, 5.74) is 0. The lowest BCUT2D eigenvalue weighted by atomic mass is 9.75. The molecule has 0 aromatic carbocycles. The van der Waals surface area contributed by atoms with Crippen molar-refractivity contribution in [3.05, 3.63) is 11.9 Å². The molecule has 1 nitrogen and oxygen atoms in total. The average Bonchev–Trinajstić information content (AvgIpc) is 2.60. The van der Waals surface area contributed by atoms with E-state index < -0.39 is 5.83 Å². The van der Waals surface area contributed by atoms with E-state index in [-0.39, 0.29) is 0 Å². The first-order chi connectivity index (χ1) is 11.2. The minimum Gasteiger partial charge on any atom is -0.195 e. The largest absolute Gasteiger partial charge is 0.196 e. The van der Waals surface area contributed by atoms with Gasteiger partial charge in [-0.2, -0.15) is 9.65 Å². The van der Waals surface area contributed by atoms with Gasteiger partial charge in [-0.05, 0) is 55.4 Å². The number of hydrogen-bond donors (Lipinski definition) is 0. The highest BCUT2D eigenvalue weighted by atomic mass is 19.1. The van der Waals surface area contributed by atoms with Crippen LogP contribution in [0.5, 0.6) is 0 Å². The third-order valence-electron chi connectivity index (χ3n) is 6.30. The Kier molecular flexibility index (Phi) is 8.13. The van der Waals surface area contributed by atoms with Crippen molar-refractivity contribution in [1.29, 1.82) is 5.26 Å². The summed E-state index contributed by atoms with van der Waals surface area (Å²) in [5, 5.41) is 8.52. The van der Waals surface area contributed by atoms with Crippen molar-refractivity contribution in [3.63, 3.8) is 0 Å². The molecule has 0 heterocycles. The Morgan fingerprint density at radius 2 is 1.39 bits per heavy atom. The van der Waals surface area contributed by atoms with Crippen LogP contribution in [0.3, 0.4) is 0 Å². The van der Waals surface area contributed by atoms with Gasteiger partial charge in [-0.1, -0.05) is 64.7 Å². The van der Waals surface area contributed by atoms with Crippen LogP contribution in [-0.2, 0) is 0 Å². The van der Waals surface area contributed by atoms with Crippen molar-refractivity contribution in [2.24, 2.45) is 23.7 Å². The Hall–Kier alpha value is -0.840. The highest BCUT2D eigenvalue weighted by molar-refractivity contribution is 5.13.